The van der Waals surface area contributed by atoms with Crippen LogP contribution in [0.3, 0.4) is 0 Å². The summed E-state index contributed by atoms with van der Waals surface area (Å²) in [6.45, 7) is 2.39. The van der Waals surface area contributed by atoms with Crippen molar-refractivity contribution in [3.05, 3.63) is 74.7 Å². The highest BCUT2D eigenvalue weighted by atomic mass is 32.1. The summed E-state index contributed by atoms with van der Waals surface area (Å²) < 4.78 is 5.80. The van der Waals surface area contributed by atoms with Gasteiger partial charge < -0.3 is 14.3 Å². The molecule has 5 rings (SSSR count). The lowest BCUT2D eigenvalue weighted by molar-refractivity contribution is -0.130. The van der Waals surface area contributed by atoms with Crippen LogP contribution in [0.4, 0.5) is 0 Å². The molecule has 0 fully saturated rings. The number of nitrogens with one attached hydrogen (secondary N) is 1. The Balaban J connectivity index is 1.36. The van der Waals surface area contributed by atoms with Gasteiger partial charge in [0.2, 0.25) is 5.91 Å². The van der Waals surface area contributed by atoms with E-state index in [1.54, 1.807) is 23.3 Å². The van der Waals surface area contributed by atoms with Gasteiger partial charge in [-0.25, -0.2) is 4.98 Å². The van der Waals surface area contributed by atoms with E-state index in [1.165, 1.54) is 16.2 Å². The third kappa shape index (κ3) is 3.80. The van der Waals surface area contributed by atoms with E-state index < -0.39 is 0 Å². The van der Waals surface area contributed by atoms with Gasteiger partial charge in [-0.2, -0.15) is 0 Å². The van der Waals surface area contributed by atoms with E-state index in [2.05, 4.69) is 9.97 Å². The first-order valence-corrected chi connectivity index (χ1v) is 11.5. The van der Waals surface area contributed by atoms with Crippen LogP contribution >= 0.6 is 22.7 Å². The number of H-pyrrole nitrogens is 1. The molecular formula is C23H19N3O3S2. The number of carbonyl (C=O) groups is 1. The van der Waals surface area contributed by atoms with E-state index in [1.807, 2.05) is 54.8 Å². The number of likely N-dealkylation sites (N-methyl/N-ethyl adjacent to an activating group) is 1. The maximum absolute atomic E-state index is 12.8. The highest BCUT2D eigenvalue weighted by Gasteiger charge is 2.18. The van der Waals surface area contributed by atoms with Crippen LogP contribution in [0.1, 0.15) is 16.5 Å². The zero-order chi connectivity index (χ0) is 21.5. The summed E-state index contributed by atoms with van der Waals surface area (Å²) in [5.74, 6) is 0.937. The SMILES string of the molecule is Cc1ccc(-c2csc3nc(CC(=O)N(C)Cc4cc5ccccc5o4)[nH]c(=O)c23)s1. The summed E-state index contributed by atoms with van der Waals surface area (Å²) in [6.07, 6.45) is 0.0211. The Hall–Kier alpha value is -3.23. The van der Waals surface area contributed by atoms with Crippen LogP contribution in [-0.4, -0.2) is 27.8 Å². The molecule has 31 heavy (non-hydrogen) atoms. The van der Waals surface area contributed by atoms with Crippen LogP contribution in [-0.2, 0) is 17.8 Å². The second-order valence-electron chi connectivity index (χ2n) is 7.43. The van der Waals surface area contributed by atoms with Gasteiger partial charge in [-0.1, -0.05) is 18.2 Å². The van der Waals surface area contributed by atoms with Crippen molar-refractivity contribution in [2.45, 2.75) is 19.9 Å². The molecule has 0 atom stereocenters. The molecule has 6 nitrogen and oxygen atoms in total. The van der Waals surface area contributed by atoms with Gasteiger partial charge in [-0.15, -0.1) is 22.7 Å². The predicted molar refractivity (Wildman–Crippen MR) is 125 cm³/mol. The summed E-state index contributed by atoms with van der Waals surface area (Å²) in [4.78, 5) is 37.3. The molecule has 0 saturated heterocycles. The number of amides is 1. The molecule has 4 heterocycles. The molecule has 5 aromatic rings. The van der Waals surface area contributed by atoms with Gasteiger partial charge in [-0.3, -0.25) is 9.59 Å². The molecule has 1 N–H and O–H groups in total. The van der Waals surface area contributed by atoms with Crippen LogP contribution in [0.2, 0.25) is 0 Å². The minimum atomic E-state index is -0.213. The van der Waals surface area contributed by atoms with Crippen molar-refractivity contribution in [3.8, 4) is 10.4 Å². The smallest absolute Gasteiger partial charge is 0.260 e. The number of fused-ring (bicyclic) bond motifs is 2. The molecule has 0 unspecified atom stereocenters. The Bertz CT molecular complexity index is 1440. The van der Waals surface area contributed by atoms with Crippen molar-refractivity contribution in [2.24, 2.45) is 0 Å². The number of aryl methyl sites for hydroxylation is 1. The van der Waals surface area contributed by atoms with Gasteiger partial charge in [0.05, 0.1) is 18.4 Å². The standard InChI is InChI=1S/C23H19N3O3S2/c1-13-7-8-18(31-13)16-12-30-23-21(16)22(28)24-19(25-23)10-20(27)26(2)11-15-9-14-5-3-4-6-17(14)29-15/h3-9,12H,10-11H2,1-2H3,(H,24,25,28). The summed E-state index contributed by atoms with van der Waals surface area (Å²) in [7, 11) is 1.72. The third-order valence-electron chi connectivity index (χ3n) is 5.11. The van der Waals surface area contributed by atoms with Crippen molar-refractivity contribution in [3.63, 3.8) is 0 Å². The fourth-order valence-corrected chi connectivity index (χ4v) is 5.48. The maximum atomic E-state index is 12.8. The van der Waals surface area contributed by atoms with E-state index in [-0.39, 0.29) is 17.9 Å². The number of para-hydroxylation sites is 1. The van der Waals surface area contributed by atoms with E-state index in [0.717, 1.165) is 21.4 Å². The summed E-state index contributed by atoms with van der Waals surface area (Å²) in [6, 6.07) is 13.7. The van der Waals surface area contributed by atoms with E-state index in [9.17, 15) is 9.59 Å². The molecule has 0 aliphatic rings. The molecule has 0 spiro atoms. The molecule has 8 heteroatoms. The summed E-state index contributed by atoms with van der Waals surface area (Å²) in [5.41, 5.74) is 1.48. The molecule has 0 aliphatic heterocycles. The minimum absolute atomic E-state index is 0.0211. The van der Waals surface area contributed by atoms with Gasteiger partial charge in [0.25, 0.3) is 5.56 Å². The number of hydrogen-bond donors (Lipinski definition) is 1. The number of nitrogens with zero attached hydrogens (tertiary/aromatic N) is 2. The van der Waals surface area contributed by atoms with Gasteiger partial charge in [0, 0.05) is 33.1 Å². The number of furan rings is 1. The van der Waals surface area contributed by atoms with Crippen LogP contribution in [0.15, 0.2) is 57.1 Å². The molecule has 1 amide bonds. The van der Waals surface area contributed by atoms with Gasteiger partial charge in [-0.05, 0) is 31.2 Å². The quantitative estimate of drug-likeness (QED) is 0.411. The topological polar surface area (TPSA) is 79.2 Å². The average Bonchev–Trinajstić information content (AvgIpc) is 3.45. The fraction of sp³-hybridized carbons (Fsp3) is 0.174. The monoisotopic (exact) mass is 449 g/mol. The van der Waals surface area contributed by atoms with E-state index in [4.69, 9.17) is 4.42 Å². The molecular weight excluding hydrogens is 430 g/mol. The van der Waals surface area contributed by atoms with Crippen LogP contribution in [0, 0.1) is 6.92 Å². The lowest BCUT2D eigenvalue weighted by atomic mass is 10.2. The zero-order valence-electron chi connectivity index (χ0n) is 17.0. The molecule has 0 radical (unpaired) electrons. The molecule has 156 valence electrons. The Morgan fingerprint density at radius 1 is 1.23 bits per heavy atom. The first kappa shape index (κ1) is 19.7. The Morgan fingerprint density at radius 2 is 2.06 bits per heavy atom. The van der Waals surface area contributed by atoms with Crippen LogP contribution in [0.5, 0.6) is 0 Å². The van der Waals surface area contributed by atoms with Crippen molar-refractivity contribution >= 4 is 49.8 Å². The molecule has 0 bridgehead atoms. The number of thiophene rings is 2. The van der Waals surface area contributed by atoms with Gasteiger partial charge in [0.15, 0.2) is 0 Å². The summed E-state index contributed by atoms with van der Waals surface area (Å²) >= 11 is 3.07. The second kappa shape index (κ2) is 7.79. The second-order valence-corrected chi connectivity index (χ2v) is 9.58. The fourth-order valence-electron chi connectivity index (χ4n) is 3.55. The lowest BCUT2D eigenvalue weighted by Gasteiger charge is -2.15. The van der Waals surface area contributed by atoms with Gasteiger partial charge >= 0.3 is 0 Å². The Kier molecular flexibility index (Phi) is 4.95. The Morgan fingerprint density at radius 3 is 2.84 bits per heavy atom. The number of benzene rings is 1. The van der Waals surface area contributed by atoms with Crippen molar-refractivity contribution in [2.75, 3.05) is 7.05 Å². The molecule has 4 aromatic heterocycles. The third-order valence-corrected chi connectivity index (χ3v) is 7.02. The van der Waals surface area contributed by atoms with Crippen molar-refractivity contribution in [1.29, 1.82) is 0 Å². The lowest BCUT2D eigenvalue weighted by Crippen LogP contribution is -2.29. The number of aromatic amines is 1. The number of aromatic nitrogens is 2. The predicted octanol–water partition coefficient (Wildman–Crippen LogP) is 4.97. The first-order valence-electron chi connectivity index (χ1n) is 9.76. The Labute approximate surface area is 185 Å². The largest absolute Gasteiger partial charge is 0.459 e. The zero-order valence-corrected chi connectivity index (χ0v) is 18.6. The highest BCUT2D eigenvalue weighted by Crippen LogP contribution is 2.35. The molecule has 0 aliphatic carbocycles. The number of rotatable bonds is 5. The van der Waals surface area contributed by atoms with E-state index in [0.29, 0.717) is 28.3 Å². The maximum Gasteiger partial charge on any atom is 0.260 e. The number of carbonyl (C=O) groups excluding carboxylic acids is 1. The summed E-state index contributed by atoms with van der Waals surface area (Å²) in [5, 5.41) is 3.54. The molecule has 0 saturated carbocycles. The minimum Gasteiger partial charge on any atom is -0.459 e. The normalized spacial score (nSPS) is 11.4. The van der Waals surface area contributed by atoms with Crippen molar-refractivity contribution < 1.29 is 9.21 Å². The van der Waals surface area contributed by atoms with Gasteiger partial charge in [0.1, 0.15) is 22.0 Å². The van der Waals surface area contributed by atoms with E-state index >= 15 is 0 Å². The first-order chi connectivity index (χ1) is 15.0. The van der Waals surface area contributed by atoms with Crippen LogP contribution in [0.25, 0.3) is 31.6 Å². The average molecular weight is 450 g/mol. The van der Waals surface area contributed by atoms with Crippen molar-refractivity contribution in [1.82, 2.24) is 14.9 Å². The number of hydrogen-bond acceptors (Lipinski definition) is 6. The highest BCUT2D eigenvalue weighted by molar-refractivity contribution is 7.19. The van der Waals surface area contributed by atoms with Crippen LogP contribution < -0.4 is 5.56 Å². The molecule has 1 aromatic carbocycles.